The lowest BCUT2D eigenvalue weighted by atomic mass is 9.67. The molecule has 0 radical (unpaired) electrons. The highest BCUT2D eigenvalue weighted by Crippen LogP contribution is 2.49. The van der Waals surface area contributed by atoms with Crippen molar-refractivity contribution in [1.29, 1.82) is 0 Å². The molecular weight excluding hydrogens is 376 g/mol. The van der Waals surface area contributed by atoms with Crippen LogP contribution in [-0.2, 0) is 9.16 Å². The molecule has 3 fully saturated rings. The fraction of sp³-hybridized carbons (Fsp3) is 0.520. The number of hydrogen-bond acceptors (Lipinski definition) is 3. The van der Waals surface area contributed by atoms with Gasteiger partial charge in [0.2, 0.25) is 0 Å². The van der Waals surface area contributed by atoms with Crippen LogP contribution in [-0.4, -0.2) is 38.8 Å². The van der Waals surface area contributed by atoms with E-state index in [9.17, 15) is 5.11 Å². The normalized spacial score (nSPS) is 27.2. The fourth-order valence-electron chi connectivity index (χ4n) is 5.22. The number of ether oxygens (including phenoxy) is 1. The maximum Gasteiger partial charge on any atom is 0.261 e. The Labute approximate surface area is 176 Å². The van der Waals surface area contributed by atoms with Crippen LogP contribution in [0.1, 0.15) is 46.5 Å². The molecule has 3 nitrogen and oxygen atoms in total. The van der Waals surface area contributed by atoms with Crippen LogP contribution in [0.15, 0.2) is 60.7 Å². The third-order valence-corrected chi connectivity index (χ3v) is 12.2. The van der Waals surface area contributed by atoms with E-state index in [2.05, 4.69) is 81.4 Å². The Morgan fingerprint density at radius 1 is 0.897 bits per heavy atom. The standard InChI is InChI=1S/C25H34O3Si/c1-23(2,3)29(21-10-6-4-7-11-21,22-12-8-5-9-13-22)28-20-25-16-14-24(18-26,15-17-25)19-27-25/h4-13,26H,14-20H2,1-3H3. The average Bonchev–Trinajstić information content (AvgIpc) is 2.76. The molecule has 5 rings (SSSR count). The molecule has 4 heteroatoms. The molecule has 0 unspecified atom stereocenters. The Hall–Kier alpha value is -1.46. The highest BCUT2D eigenvalue weighted by Gasteiger charge is 2.54. The van der Waals surface area contributed by atoms with Crippen molar-refractivity contribution in [2.45, 2.75) is 57.1 Å². The van der Waals surface area contributed by atoms with Gasteiger partial charge in [-0.3, -0.25) is 0 Å². The second kappa shape index (κ2) is 7.66. The third kappa shape index (κ3) is 3.61. The van der Waals surface area contributed by atoms with Crippen LogP contribution in [0.5, 0.6) is 0 Å². The largest absolute Gasteiger partial charge is 0.404 e. The molecule has 2 saturated heterocycles. The molecular formula is C25H34O3Si. The Kier molecular flexibility index (Phi) is 5.49. The van der Waals surface area contributed by atoms with Crippen molar-refractivity contribution in [3.05, 3.63) is 60.7 Å². The molecule has 1 aliphatic carbocycles. The van der Waals surface area contributed by atoms with Crippen LogP contribution < -0.4 is 10.4 Å². The van der Waals surface area contributed by atoms with Gasteiger partial charge in [-0.2, -0.15) is 0 Å². The molecule has 0 spiro atoms. The summed E-state index contributed by atoms with van der Waals surface area (Å²) in [5.74, 6) is 0. The van der Waals surface area contributed by atoms with E-state index in [0.29, 0.717) is 13.2 Å². The zero-order valence-electron chi connectivity index (χ0n) is 18.0. The van der Waals surface area contributed by atoms with E-state index in [1.54, 1.807) is 0 Å². The minimum absolute atomic E-state index is 0.0147. The third-order valence-electron chi connectivity index (χ3n) is 7.21. The summed E-state index contributed by atoms with van der Waals surface area (Å²) in [6.07, 6.45) is 4.03. The summed E-state index contributed by atoms with van der Waals surface area (Å²) in [5, 5.41) is 12.4. The monoisotopic (exact) mass is 410 g/mol. The molecule has 2 aromatic carbocycles. The number of fused-ring (bicyclic) bond motifs is 3. The zero-order valence-corrected chi connectivity index (χ0v) is 19.0. The van der Waals surface area contributed by atoms with Crippen molar-refractivity contribution in [2.24, 2.45) is 5.41 Å². The topological polar surface area (TPSA) is 38.7 Å². The van der Waals surface area contributed by atoms with Gasteiger partial charge < -0.3 is 14.3 Å². The number of aliphatic hydroxyl groups is 1. The van der Waals surface area contributed by atoms with Crippen LogP contribution in [0.3, 0.4) is 0 Å². The summed E-state index contributed by atoms with van der Waals surface area (Å²) < 4.78 is 13.5. The van der Waals surface area contributed by atoms with E-state index in [1.807, 2.05) is 0 Å². The molecule has 0 amide bonds. The highest BCUT2D eigenvalue weighted by molar-refractivity contribution is 6.99. The van der Waals surface area contributed by atoms with Crippen molar-refractivity contribution >= 4 is 18.7 Å². The Balaban J connectivity index is 1.70. The number of rotatable bonds is 6. The first-order chi connectivity index (χ1) is 13.8. The summed E-state index contributed by atoms with van der Waals surface area (Å²) in [6.45, 7) is 8.47. The first-order valence-corrected chi connectivity index (χ1v) is 12.8. The van der Waals surface area contributed by atoms with E-state index < -0.39 is 8.32 Å². The van der Waals surface area contributed by atoms with Crippen molar-refractivity contribution in [3.8, 4) is 0 Å². The van der Waals surface area contributed by atoms with Gasteiger partial charge in [0, 0.05) is 5.41 Å². The molecule has 2 heterocycles. The molecule has 1 saturated carbocycles. The number of aliphatic hydroxyl groups excluding tert-OH is 1. The quantitative estimate of drug-likeness (QED) is 0.735. The van der Waals surface area contributed by atoms with E-state index in [-0.39, 0.29) is 22.7 Å². The molecule has 2 bridgehead atoms. The molecule has 2 aromatic rings. The van der Waals surface area contributed by atoms with Gasteiger partial charge in [-0.1, -0.05) is 81.4 Å². The predicted molar refractivity (Wildman–Crippen MR) is 120 cm³/mol. The van der Waals surface area contributed by atoms with E-state index in [1.165, 1.54) is 10.4 Å². The van der Waals surface area contributed by atoms with Crippen LogP contribution in [0, 0.1) is 5.41 Å². The van der Waals surface area contributed by atoms with Gasteiger partial charge in [0.05, 0.1) is 25.4 Å². The van der Waals surface area contributed by atoms with Gasteiger partial charge in [-0.05, 0) is 41.1 Å². The molecule has 3 aliphatic rings. The van der Waals surface area contributed by atoms with E-state index in [0.717, 1.165) is 25.7 Å². The van der Waals surface area contributed by atoms with Crippen molar-refractivity contribution in [3.63, 3.8) is 0 Å². The molecule has 29 heavy (non-hydrogen) atoms. The number of hydrogen-bond donors (Lipinski definition) is 1. The summed E-state index contributed by atoms with van der Waals surface area (Å²) in [5.41, 5.74) is -0.219. The lowest BCUT2D eigenvalue weighted by molar-refractivity contribution is -0.205. The summed E-state index contributed by atoms with van der Waals surface area (Å²) >= 11 is 0. The van der Waals surface area contributed by atoms with Crippen LogP contribution in [0.2, 0.25) is 5.04 Å². The Morgan fingerprint density at radius 3 is 1.79 bits per heavy atom. The van der Waals surface area contributed by atoms with Gasteiger partial charge >= 0.3 is 0 Å². The highest BCUT2D eigenvalue weighted by atomic mass is 28.4. The van der Waals surface area contributed by atoms with Gasteiger partial charge in [-0.25, -0.2) is 0 Å². The Bertz CT molecular complexity index is 749. The minimum Gasteiger partial charge on any atom is -0.404 e. The maximum absolute atomic E-state index is 9.81. The van der Waals surface area contributed by atoms with E-state index >= 15 is 0 Å². The average molecular weight is 411 g/mol. The van der Waals surface area contributed by atoms with Gasteiger partial charge in [0.1, 0.15) is 0 Å². The van der Waals surface area contributed by atoms with Crippen molar-refractivity contribution in [1.82, 2.24) is 0 Å². The van der Waals surface area contributed by atoms with Crippen LogP contribution in [0.25, 0.3) is 0 Å². The van der Waals surface area contributed by atoms with Gasteiger partial charge in [0.15, 0.2) is 0 Å². The predicted octanol–water partition coefficient (Wildman–Crippen LogP) is 3.88. The van der Waals surface area contributed by atoms with Crippen molar-refractivity contribution in [2.75, 3.05) is 19.8 Å². The molecule has 0 atom stereocenters. The molecule has 156 valence electrons. The summed E-state index contributed by atoms with van der Waals surface area (Å²) in [7, 11) is -2.54. The fourth-order valence-corrected chi connectivity index (χ4v) is 9.86. The summed E-state index contributed by atoms with van der Waals surface area (Å²) in [4.78, 5) is 0. The SMILES string of the molecule is CC(C)(C)[Si](OCC12CCC(CO)(CC1)CO2)(c1ccccc1)c1ccccc1. The van der Waals surface area contributed by atoms with E-state index in [4.69, 9.17) is 9.16 Å². The second-order valence-electron chi connectivity index (χ2n) is 10.1. The van der Waals surface area contributed by atoms with Gasteiger partial charge in [-0.15, -0.1) is 0 Å². The zero-order chi connectivity index (χ0) is 20.6. The first kappa shape index (κ1) is 20.8. The van der Waals surface area contributed by atoms with Gasteiger partial charge in [0.25, 0.3) is 8.32 Å². The molecule has 1 N–H and O–H groups in total. The maximum atomic E-state index is 9.81. The van der Waals surface area contributed by atoms with Crippen LogP contribution in [0.4, 0.5) is 0 Å². The second-order valence-corrected chi connectivity index (χ2v) is 14.4. The first-order valence-electron chi connectivity index (χ1n) is 10.8. The lowest BCUT2D eigenvalue weighted by Gasteiger charge is -2.54. The smallest absolute Gasteiger partial charge is 0.261 e. The van der Waals surface area contributed by atoms with Crippen LogP contribution >= 0.6 is 0 Å². The lowest BCUT2D eigenvalue weighted by Crippen LogP contribution is -2.68. The summed E-state index contributed by atoms with van der Waals surface area (Å²) in [6, 6.07) is 21.6. The minimum atomic E-state index is -2.54. The van der Waals surface area contributed by atoms with Crippen molar-refractivity contribution < 1.29 is 14.3 Å². The molecule has 0 aromatic heterocycles. The molecule has 2 aliphatic heterocycles. The number of benzene rings is 2. The Morgan fingerprint density at radius 2 is 1.41 bits per heavy atom.